The zero-order chi connectivity index (χ0) is 21.0. The van der Waals surface area contributed by atoms with Gasteiger partial charge in [0.2, 0.25) is 0 Å². The van der Waals surface area contributed by atoms with Crippen LogP contribution in [0.4, 0.5) is 0 Å². The number of likely N-dealkylation sites (tertiary alicyclic amines) is 1. The van der Waals surface area contributed by atoms with Crippen LogP contribution in [0.25, 0.3) is 0 Å². The van der Waals surface area contributed by atoms with Crippen molar-refractivity contribution in [2.75, 3.05) is 39.8 Å². The minimum absolute atomic E-state index is 0. The fraction of sp³-hybridized carbons (Fsp3) is 0.565. The molecule has 1 atom stereocenters. The highest BCUT2D eigenvalue weighted by atomic mass is 127. The lowest BCUT2D eigenvalue weighted by Gasteiger charge is -2.34. The van der Waals surface area contributed by atoms with Crippen LogP contribution < -0.4 is 15.4 Å². The fourth-order valence-corrected chi connectivity index (χ4v) is 3.89. The third-order valence-corrected chi connectivity index (χ3v) is 5.51. The molecule has 172 valence electrons. The lowest BCUT2D eigenvalue weighted by molar-refractivity contribution is 0.167. The summed E-state index contributed by atoms with van der Waals surface area (Å²) >= 11 is 0. The molecule has 0 aliphatic carbocycles. The molecule has 1 aromatic heterocycles. The Bertz CT molecular complexity index is 744. The van der Waals surface area contributed by atoms with Crippen LogP contribution in [-0.4, -0.2) is 60.5 Å². The molecule has 1 aliphatic rings. The van der Waals surface area contributed by atoms with Gasteiger partial charge < -0.3 is 15.4 Å². The monoisotopic (exact) mass is 540 g/mol. The Morgan fingerprint density at radius 3 is 2.58 bits per heavy atom. The number of methoxy groups -OCH3 is 1. The normalized spacial score (nSPS) is 15.7. The van der Waals surface area contributed by atoms with E-state index in [4.69, 9.17) is 9.73 Å². The zero-order valence-electron chi connectivity index (χ0n) is 18.8. The van der Waals surface area contributed by atoms with Crippen LogP contribution in [0.1, 0.15) is 44.2 Å². The second kappa shape index (κ2) is 14.3. The number of hydrogen-bond donors (Lipinski definition) is 2. The van der Waals surface area contributed by atoms with Gasteiger partial charge in [0.25, 0.3) is 0 Å². The Morgan fingerprint density at radius 1 is 1.16 bits per heavy atom. The molecular formula is C23H37IN6O. The van der Waals surface area contributed by atoms with Gasteiger partial charge in [-0.05, 0) is 63.0 Å². The molecule has 1 fully saturated rings. The molecule has 1 unspecified atom stereocenters. The second-order valence-corrected chi connectivity index (χ2v) is 7.65. The van der Waals surface area contributed by atoms with E-state index in [2.05, 4.69) is 51.8 Å². The van der Waals surface area contributed by atoms with Crippen molar-refractivity contribution in [3.8, 4) is 5.75 Å². The number of benzene rings is 1. The van der Waals surface area contributed by atoms with E-state index >= 15 is 0 Å². The average Bonchev–Trinajstić information content (AvgIpc) is 3.31. The van der Waals surface area contributed by atoms with Crippen molar-refractivity contribution in [2.45, 2.75) is 45.2 Å². The Hall–Kier alpha value is -1.81. The summed E-state index contributed by atoms with van der Waals surface area (Å²) < 4.78 is 7.30. The molecule has 2 heterocycles. The Kier molecular flexibility index (Phi) is 11.7. The van der Waals surface area contributed by atoms with E-state index in [-0.39, 0.29) is 30.0 Å². The van der Waals surface area contributed by atoms with Gasteiger partial charge in [0.05, 0.1) is 19.7 Å². The molecule has 7 nitrogen and oxygen atoms in total. The summed E-state index contributed by atoms with van der Waals surface area (Å²) in [5.74, 6) is 1.78. The average molecular weight is 540 g/mol. The van der Waals surface area contributed by atoms with Crippen LogP contribution in [0.5, 0.6) is 5.75 Å². The highest BCUT2D eigenvalue weighted by Gasteiger charge is 2.22. The number of nitrogens with one attached hydrogen (secondary N) is 2. The summed E-state index contributed by atoms with van der Waals surface area (Å²) in [6.07, 6.45) is 8.68. The number of ether oxygens (including phenoxy) is 1. The summed E-state index contributed by atoms with van der Waals surface area (Å²) in [5, 5.41) is 11.1. The maximum atomic E-state index is 5.34. The summed E-state index contributed by atoms with van der Waals surface area (Å²) in [7, 11) is 1.71. The topological polar surface area (TPSA) is 66.7 Å². The number of aromatic nitrogens is 2. The highest BCUT2D eigenvalue weighted by molar-refractivity contribution is 14.0. The van der Waals surface area contributed by atoms with Gasteiger partial charge in [-0.3, -0.25) is 14.6 Å². The van der Waals surface area contributed by atoms with E-state index in [1.54, 1.807) is 7.11 Å². The predicted molar refractivity (Wildman–Crippen MR) is 137 cm³/mol. The van der Waals surface area contributed by atoms with Crippen LogP contribution in [0.2, 0.25) is 0 Å². The number of piperidine rings is 1. The van der Waals surface area contributed by atoms with Crippen LogP contribution in [0.3, 0.4) is 0 Å². The SMILES string of the molecule is CCNC(=NCC(c1ccc(OC)cc1)N1CCCCC1)NCCCn1cccn1.I. The zero-order valence-corrected chi connectivity index (χ0v) is 21.1. The first-order valence-corrected chi connectivity index (χ1v) is 11.2. The van der Waals surface area contributed by atoms with Gasteiger partial charge in [0.1, 0.15) is 5.75 Å². The van der Waals surface area contributed by atoms with Crippen molar-refractivity contribution in [2.24, 2.45) is 4.99 Å². The third-order valence-electron chi connectivity index (χ3n) is 5.51. The summed E-state index contributed by atoms with van der Waals surface area (Å²) in [6, 6.07) is 10.7. The maximum absolute atomic E-state index is 5.34. The van der Waals surface area contributed by atoms with Crippen LogP contribution in [0, 0.1) is 0 Å². The minimum Gasteiger partial charge on any atom is -0.497 e. The first kappa shape index (κ1) is 25.5. The highest BCUT2D eigenvalue weighted by Crippen LogP contribution is 2.26. The molecule has 1 aromatic carbocycles. The number of halogens is 1. The number of nitrogens with zero attached hydrogens (tertiary/aromatic N) is 4. The van der Waals surface area contributed by atoms with E-state index in [1.165, 1.54) is 24.8 Å². The predicted octanol–water partition coefficient (Wildman–Crippen LogP) is 3.68. The van der Waals surface area contributed by atoms with Gasteiger partial charge in [-0.1, -0.05) is 18.6 Å². The number of rotatable bonds is 10. The first-order chi connectivity index (χ1) is 14.8. The molecule has 3 rings (SSSR count). The van der Waals surface area contributed by atoms with E-state index in [0.717, 1.165) is 57.4 Å². The Morgan fingerprint density at radius 2 is 1.94 bits per heavy atom. The number of aliphatic imine (C=N–C) groups is 1. The lowest BCUT2D eigenvalue weighted by Crippen LogP contribution is -2.40. The molecule has 0 spiro atoms. The molecule has 1 aliphatic heterocycles. The molecule has 0 saturated carbocycles. The number of hydrogen-bond acceptors (Lipinski definition) is 4. The van der Waals surface area contributed by atoms with Gasteiger partial charge in [0.15, 0.2) is 5.96 Å². The molecule has 2 N–H and O–H groups in total. The lowest BCUT2D eigenvalue weighted by atomic mass is 10.0. The standard InChI is InChI=1S/C23H36N6O.HI/c1-3-24-23(25-13-7-17-29-18-8-14-27-29)26-19-22(28-15-5-4-6-16-28)20-9-11-21(30-2)12-10-20;/h8-12,14,18,22H,3-7,13,15-17,19H2,1-2H3,(H2,24,25,26);1H. The number of aryl methyl sites for hydroxylation is 1. The molecule has 31 heavy (non-hydrogen) atoms. The first-order valence-electron chi connectivity index (χ1n) is 11.2. The molecule has 2 aromatic rings. The molecule has 0 bridgehead atoms. The van der Waals surface area contributed by atoms with Crippen molar-refractivity contribution in [3.05, 3.63) is 48.3 Å². The fourth-order valence-electron chi connectivity index (χ4n) is 3.89. The van der Waals surface area contributed by atoms with Crippen LogP contribution >= 0.6 is 24.0 Å². The maximum Gasteiger partial charge on any atom is 0.191 e. The van der Waals surface area contributed by atoms with Crippen molar-refractivity contribution >= 4 is 29.9 Å². The van der Waals surface area contributed by atoms with Crippen molar-refractivity contribution < 1.29 is 4.74 Å². The molecular weight excluding hydrogens is 503 g/mol. The molecule has 8 heteroatoms. The van der Waals surface area contributed by atoms with Gasteiger partial charge in [-0.25, -0.2) is 0 Å². The summed E-state index contributed by atoms with van der Waals surface area (Å²) in [5.41, 5.74) is 1.30. The van der Waals surface area contributed by atoms with Crippen molar-refractivity contribution in [1.82, 2.24) is 25.3 Å². The molecule has 1 saturated heterocycles. The quantitative estimate of drug-likeness (QED) is 0.208. The largest absolute Gasteiger partial charge is 0.497 e. The Labute approximate surface area is 203 Å². The van der Waals surface area contributed by atoms with Crippen LogP contribution in [0.15, 0.2) is 47.7 Å². The van der Waals surface area contributed by atoms with Crippen molar-refractivity contribution in [1.29, 1.82) is 0 Å². The van der Waals surface area contributed by atoms with E-state index in [1.807, 2.05) is 23.1 Å². The summed E-state index contributed by atoms with van der Waals surface area (Å²) in [6.45, 7) is 7.74. The second-order valence-electron chi connectivity index (χ2n) is 7.65. The smallest absolute Gasteiger partial charge is 0.191 e. The summed E-state index contributed by atoms with van der Waals surface area (Å²) in [4.78, 5) is 7.52. The van der Waals surface area contributed by atoms with Gasteiger partial charge in [0, 0.05) is 32.0 Å². The van der Waals surface area contributed by atoms with Crippen molar-refractivity contribution in [3.63, 3.8) is 0 Å². The van der Waals surface area contributed by atoms with Crippen LogP contribution in [-0.2, 0) is 6.54 Å². The van der Waals surface area contributed by atoms with Gasteiger partial charge >= 0.3 is 0 Å². The molecule has 0 amide bonds. The van der Waals surface area contributed by atoms with E-state index in [0.29, 0.717) is 0 Å². The van der Waals surface area contributed by atoms with Gasteiger partial charge in [-0.15, -0.1) is 24.0 Å². The Balaban J connectivity index is 0.00000341. The van der Waals surface area contributed by atoms with E-state index < -0.39 is 0 Å². The molecule has 0 radical (unpaired) electrons. The third kappa shape index (κ3) is 8.33. The number of guanidine groups is 1. The minimum atomic E-state index is 0. The van der Waals surface area contributed by atoms with E-state index in [9.17, 15) is 0 Å². The van der Waals surface area contributed by atoms with Gasteiger partial charge in [-0.2, -0.15) is 5.10 Å².